The van der Waals surface area contributed by atoms with Gasteiger partial charge in [0.25, 0.3) is 0 Å². The lowest BCUT2D eigenvalue weighted by atomic mass is 9.91. The van der Waals surface area contributed by atoms with Gasteiger partial charge in [-0.05, 0) is 51.4 Å². The number of hydrogen-bond donors (Lipinski definition) is 2. The van der Waals surface area contributed by atoms with Gasteiger partial charge < -0.3 is 20.1 Å². The molecule has 0 aromatic rings. The molecular formula is C38H71NO6. The van der Waals surface area contributed by atoms with Gasteiger partial charge in [0, 0.05) is 19.3 Å². The first-order chi connectivity index (χ1) is 21.7. The molecule has 0 bridgehead atoms. The van der Waals surface area contributed by atoms with Crippen LogP contribution >= 0.6 is 0 Å². The molecule has 0 amide bonds. The Balaban J connectivity index is 4.66. The largest absolute Gasteiger partial charge is 0.544 e. The average molecular weight is 638 g/mol. The number of carbonyl (C=O) groups is 3. The van der Waals surface area contributed by atoms with Crippen LogP contribution in [0.15, 0.2) is 12.2 Å². The fourth-order valence-electron chi connectivity index (χ4n) is 7.15. The lowest BCUT2D eigenvalue weighted by Gasteiger charge is -2.52. The number of allylic oxidation sites excluding steroid dienone is 2. The minimum atomic E-state index is -1.33. The minimum absolute atomic E-state index is 0.208. The summed E-state index contributed by atoms with van der Waals surface area (Å²) in [5, 5.41) is 33.1. The first-order valence-electron chi connectivity index (χ1n) is 18.9. The van der Waals surface area contributed by atoms with Crippen molar-refractivity contribution in [3.05, 3.63) is 12.2 Å². The molecule has 3 atom stereocenters. The van der Waals surface area contributed by atoms with Crippen molar-refractivity contribution in [3.63, 3.8) is 0 Å². The van der Waals surface area contributed by atoms with Crippen molar-refractivity contribution in [2.45, 2.75) is 206 Å². The Labute approximate surface area is 276 Å². The van der Waals surface area contributed by atoms with E-state index in [-0.39, 0.29) is 25.8 Å². The number of carbonyl (C=O) groups excluding carboxylic acids is 1. The number of quaternary nitrogens is 1. The first kappa shape index (κ1) is 43.1. The lowest BCUT2D eigenvalue weighted by molar-refractivity contribution is -0.975. The Bertz CT molecular complexity index is 722. The minimum Gasteiger partial charge on any atom is -0.544 e. The van der Waals surface area contributed by atoms with E-state index in [2.05, 4.69) is 19.1 Å². The molecule has 0 aromatic carbocycles. The number of aliphatic carboxylic acids is 3. The second kappa shape index (κ2) is 28.3. The zero-order valence-electron chi connectivity index (χ0n) is 29.7. The smallest absolute Gasteiger partial charge is 0.362 e. The Hall–Kier alpha value is -1.89. The first-order valence-corrected chi connectivity index (χ1v) is 18.9. The predicted molar refractivity (Wildman–Crippen MR) is 184 cm³/mol. The third-order valence-corrected chi connectivity index (χ3v) is 9.58. The van der Waals surface area contributed by atoms with Crippen LogP contribution in [0.2, 0.25) is 0 Å². The molecule has 0 spiro atoms. The van der Waals surface area contributed by atoms with Crippen LogP contribution in [0.1, 0.15) is 188 Å². The molecule has 7 heteroatoms. The molecule has 45 heavy (non-hydrogen) atoms. The van der Waals surface area contributed by atoms with Gasteiger partial charge in [0.15, 0.2) is 12.1 Å². The number of rotatable bonds is 33. The van der Waals surface area contributed by atoms with Crippen LogP contribution in [-0.4, -0.2) is 57.3 Å². The predicted octanol–water partition coefficient (Wildman–Crippen LogP) is 9.22. The molecule has 0 aliphatic heterocycles. The van der Waals surface area contributed by atoms with E-state index < -0.39 is 40.5 Å². The zero-order chi connectivity index (χ0) is 33.8. The van der Waals surface area contributed by atoms with Crippen molar-refractivity contribution in [1.29, 1.82) is 0 Å². The highest BCUT2D eigenvalue weighted by molar-refractivity contribution is 5.77. The van der Waals surface area contributed by atoms with Crippen LogP contribution in [0.25, 0.3) is 0 Å². The van der Waals surface area contributed by atoms with Crippen LogP contribution in [0.3, 0.4) is 0 Å². The summed E-state index contributed by atoms with van der Waals surface area (Å²) >= 11 is 0. The van der Waals surface area contributed by atoms with Crippen LogP contribution < -0.4 is 5.11 Å². The Kier molecular flexibility index (Phi) is 27.2. The molecule has 3 unspecified atom stereocenters. The molecule has 264 valence electrons. The SMILES string of the molecule is CCCCCCC/C=C/CCCCCCCCCCCCCC[N+](C(CCC)C(=O)[O-])(C(CCC)C(=O)O)C(CCC)C(=O)O. The number of hydrogen-bond acceptors (Lipinski definition) is 4. The fraction of sp³-hybridized carbons (Fsp3) is 0.868. The topological polar surface area (TPSA) is 115 Å². The average Bonchev–Trinajstić information content (AvgIpc) is 3.00. The highest BCUT2D eigenvalue weighted by Gasteiger charge is 2.54. The van der Waals surface area contributed by atoms with E-state index in [4.69, 9.17) is 0 Å². The van der Waals surface area contributed by atoms with Gasteiger partial charge in [0.2, 0.25) is 0 Å². The summed E-state index contributed by atoms with van der Waals surface area (Å²) in [6.45, 7) is 8.08. The van der Waals surface area contributed by atoms with Crippen molar-refractivity contribution in [1.82, 2.24) is 0 Å². The Morgan fingerprint density at radius 2 is 0.844 bits per heavy atom. The van der Waals surface area contributed by atoms with Crippen molar-refractivity contribution in [2.24, 2.45) is 0 Å². The van der Waals surface area contributed by atoms with Gasteiger partial charge in [-0.15, -0.1) is 0 Å². The maximum atomic E-state index is 12.6. The molecule has 0 aliphatic rings. The number of unbranched alkanes of at least 4 members (excludes halogenated alkanes) is 17. The normalized spacial score (nSPS) is 15.1. The van der Waals surface area contributed by atoms with Crippen molar-refractivity contribution in [2.75, 3.05) is 6.54 Å². The molecule has 0 aliphatic carbocycles. The van der Waals surface area contributed by atoms with Gasteiger partial charge >= 0.3 is 11.9 Å². The molecule has 0 aromatic heterocycles. The van der Waals surface area contributed by atoms with Crippen LogP contribution in [-0.2, 0) is 14.4 Å². The van der Waals surface area contributed by atoms with Gasteiger partial charge in [0.05, 0.1) is 12.5 Å². The van der Waals surface area contributed by atoms with E-state index in [1.54, 1.807) is 0 Å². The second-order valence-electron chi connectivity index (χ2n) is 13.3. The van der Waals surface area contributed by atoms with Crippen LogP contribution in [0.5, 0.6) is 0 Å². The summed E-state index contributed by atoms with van der Waals surface area (Å²) < 4.78 is -0.433. The molecular weight excluding hydrogens is 566 g/mol. The molecule has 0 radical (unpaired) electrons. The summed E-state index contributed by atoms with van der Waals surface area (Å²) in [6.07, 6.45) is 30.0. The monoisotopic (exact) mass is 638 g/mol. The molecule has 7 nitrogen and oxygen atoms in total. The molecule has 0 rings (SSSR count). The summed E-state index contributed by atoms with van der Waals surface area (Å²) in [6, 6.07) is -3.32. The molecule has 0 saturated carbocycles. The maximum absolute atomic E-state index is 12.6. The van der Waals surface area contributed by atoms with E-state index in [0.29, 0.717) is 25.7 Å². The summed E-state index contributed by atoms with van der Waals surface area (Å²) in [5.74, 6) is -3.55. The Morgan fingerprint density at radius 3 is 1.18 bits per heavy atom. The third kappa shape index (κ3) is 18.1. The Morgan fingerprint density at radius 1 is 0.511 bits per heavy atom. The van der Waals surface area contributed by atoms with Crippen LogP contribution in [0.4, 0.5) is 0 Å². The summed E-state index contributed by atoms with van der Waals surface area (Å²) in [4.78, 5) is 37.7. The van der Waals surface area contributed by atoms with E-state index in [9.17, 15) is 29.7 Å². The van der Waals surface area contributed by atoms with Crippen molar-refractivity contribution < 1.29 is 34.2 Å². The molecule has 0 fully saturated rings. The zero-order valence-corrected chi connectivity index (χ0v) is 29.7. The van der Waals surface area contributed by atoms with E-state index >= 15 is 0 Å². The van der Waals surface area contributed by atoms with E-state index in [1.165, 1.54) is 96.3 Å². The van der Waals surface area contributed by atoms with Crippen molar-refractivity contribution in [3.8, 4) is 0 Å². The number of nitrogens with zero attached hydrogens (tertiary/aromatic N) is 1. The highest BCUT2D eigenvalue weighted by atomic mass is 16.4. The third-order valence-electron chi connectivity index (χ3n) is 9.58. The van der Waals surface area contributed by atoms with Gasteiger partial charge in [0.1, 0.15) is 6.04 Å². The van der Waals surface area contributed by atoms with Gasteiger partial charge in [-0.2, -0.15) is 0 Å². The quantitative estimate of drug-likeness (QED) is 0.0421. The maximum Gasteiger partial charge on any atom is 0.362 e. The van der Waals surface area contributed by atoms with Crippen LogP contribution in [0, 0.1) is 0 Å². The van der Waals surface area contributed by atoms with Gasteiger partial charge in [-0.1, -0.05) is 130 Å². The van der Waals surface area contributed by atoms with Gasteiger partial charge in [-0.3, -0.25) is 4.48 Å². The van der Waals surface area contributed by atoms with Crippen molar-refractivity contribution >= 4 is 17.9 Å². The highest BCUT2D eigenvalue weighted by Crippen LogP contribution is 2.34. The summed E-state index contributed by atoms with van der Waals surface area (Å²) in [7, 11) is 0. The molecule has 2 N–H and O–H groups in total. The molecule has 0 saturated heterocycles. The van der Waals surface area contributed by atoms with Gasteiger partial charge in [-0.25, -0.2) is 9.59 Å². The second-order valence-corrected chi connectivity index (χ2v) is 13.3. The number of carboxylic acids is 3. The fourth-order valence-corrected chi connectivity index (χ4v) is 7.15. The standard InChI is InChI=1S/C38H71NO6/c1-5-9-10-11-12-13-14-15-16-17-18-19-20-21-22-23-24-25-26-27-28-32-39(33(29-6-2)36(40)41,34(30-7-3)37(42)43)35(31-8-4)38(44)45/h14-15,33-35H,5-13,16-32H2,1-4H3,(H2-,40,41,42,43,44,45)/b15-14+. The van der Waals surface area contributed by atoms with E-state index in [0.717, 1.165) is 19.3 Å². The summed E-state index contributed by atoms with van der Waals surface area (Å²) in [5.41, 5.74) is 0. The van der Waals surface area contributed by atoms with E-state index in [1.807, 2.05) is 20.8 Å². The lowest BCUT2D eigenvalue weighted by Crippen LogP contribution is -2.74. The molecule has 0 heterocycles. The number of carboxylic acid groups (broad SMARTS) is 3.